The number of hydrogen-bond donors (Lipinski definition) is 0. The number of halogens is 4. The van der Waals surface area contributed by atoms with Crippen LogP contribution < -0.4 is 4.74 Å². The molecule has 0 aliphatic rings. The van der Waals surface area contributed by atoms with Crippen molar-refractivity contribution in [1.29, 1.82) is 10.5 Å². The van der Waals surface area contributed by atoms with E-state index in [1.54, 1.807) is 56.7 Å². The number of nitriles is 2. The molecule has 16 heteroatoms. The van der Waals surface area contributed by atoms with E-state index in [4.69, 9.17) is 38.5 Å². The zero-order valence-electron chi connectivity index (χ0n) is 76.2. The van der Waals surface area contributed by atoms with E-state index < -0.39 is 0 Å². The highest BCUT2D eigenvalue weighted by molar-refractivity contribution is 6.36. The molecule has 0 aliphatic carbocycles. The third-order valence-corrected chi connectivity index (χ3v) is 22.5. The highest BCUT2D eigenvalue weighted by Crippen LogP contribution is 2.36. The molecule has 0 saturated carbocycles. The summed E-state index contributed by atoms with van der Waals surface area (Å²) in [5.41, 5.74) is 18.1. The third-order valence-electron chi connectivity index (χ3n) is 21.9. The van der Waals surface area contributed by atoms with Gasteiger partial charge < -0.3 is 4.74 Å². The summed E-state index contributed by atoms with van der Waals surface area (Å²) < 4.78 is 32.1. The van der Waals surface area contributed by atoms with Crippen molar-refractivity contribution in [1.82, 2.24) is 44.9 Å². The van der Waals surface area contributed by atoms with Crippen molar-refractivity contribution >= 4 is 121 Å². The Balaban J connectivity index is 0.000000149. The summed E-state index contributed by atoms with van der Waals surface area (Å²) >= 11 is 12.2. The lowest BCUT2D eigenvalue weighted by molar-refractivity contribution is 0.419. The normalized spacial score (nSPS) is 10.9. The largest absolute Gasteiger partial charge is 0.496 e. The minimum absolute atomic E-state index is 0.197. The van der Waals surface area contributed by atoms with E-state index in [0.717, 1.165) is 92.0 Å². The van der Waals surface area contributed by atoms with Gasteiger partial charge in [0.25, 0.3) is 0 Å². The van der Waals surface area contributed by atoms with Crippen molar-refractivity contribution in [3.63, 3.8) is 0 Å². The number of para-hydroxylation sites is 1. The SMILES string of the molecule is CC(C)c1ccc(C#N)c2cnccc12.CC(C)c1ccc(C#N)c2ncccc12.CC(C)c1ccc(Cl)c2cnccc12.CC(C)c1ccc(Cl)c2ncccc12.CC(C)c1ccc(F)c2cnccc12.CC(C)c1ccc(F)c2ncccc12.CC(C)c1ccc2cccnc2c1.CC(C)c1cnc2ccccc2c1.COc1ccnc2cccc(C(C)C)c12. The number of rotatable bonds is 10. The molecule has 0 saturated heterocycles. The molecule has 18 rings (SSSR count). The second-order valence-electron chi connectivity index (χ2n) is 33.7. The quantitative estimate of drug-likeness (QED) is 0.127. The van der Waals surface area contributed by atoms with Gasteiger partial charge in [-0.1, -0.05) is 251 Å². The molecule has 0 atom stereocenters. The van der Waals surface area contributed by atoms with Crippen LogP contribution in [0, 0.1) is 34.3 Å². The van der Waals surface area contributed by atoms with Crippen LogP contribution in [0.1, 0.15) is 239 Å². The number of hydrogen-bond acceptors (Lipinski definition) is 12. The summed E-state index contributed by atoms with van der Waals surface area (Å²) in [6.45, 7) is 38.9. The fourth-order valence-electron chi connectivity index (χ4n) is 15.0. The molecule has 0 fully saturated rings. The number of nitrogens with zero attached hydrogens (tertiary/aromatic N) is 11. The van der Waals surface area contributed by atoms with Crippen LogP contribution in [-0.2, 0) is 0 Å². The summed E-state index contributed by atoms with van der Waals surface area (Å²) in [4.78, 5) is 37.8. The van der Waals surface area contributed by atoms with Crippen LogP contribution in [0.15, 0.2) is 287 Å². The summed E-state index contributed by atoms with van der Waals surface area (Å²) in [7, 11) is 1.70. The summed E-state index contributed by atoms with van der Waals surface area (Å²) in [6.07, 6.45) is 21.2. The van der Waals surface area contributed by atoms with E-state index in [-0.39, 0.29) is 11.6 Å². The molecule has 12 nitrogen and oxygen atoms in total. The smallest absolute Gasteiger partial charge is 0.149 e. The predicted octanol–water partition coefficient (Wildman–Crippen LogP) is 31.6. The van der Waals surface area contributed by atoms with Crippen LogP contribution in [0.2, 0.25) is 10.0 Å². The average molecular weight is 1730 g/mol. The Morgan fingerprint density at radius 1 is 0.283 bits per heavy atom. The maximum absolute atomic E-state index is 13.4. The van der Waals surface area contributed by atoms with Gasteiger partial charge in [-0.2, -0.15) is 10.5 Å². The Hall–Kier alpha value is -13.1. The van der Waals surface area contributed by atoms with Crippen molar-refractivity contribution < 1.29 is 13.5 Å². The number of ether oxygens (including phenoxy) is 1. The molecule has 9 heterocycles. The maximum Gasteiger partial charge on any atom is 0.149 e. The molecule has 0 bridgehead atoms. The molecular weight excluding hydrogens is 1610 g/mol. The van der Waals surface area contributed by atoms with E-state index in [0.29, 0.717) is 75.3 Å². The molecule has 0 N–H and O–H groups in total. The van der Waals surface area contributed by atoms with Gasteiger partial charge in [0, 0.05) is 128 Å². The van der Waals surface area contributed by atoms with Gasteiger partial charge in [0.05, 0.1) is 56.9 Å². The number of methoxy groups -OCH3 is 1. The lowest BCUT2D eigenvalue weighted by Crippen LogP contribution is -1.94. The van der Waals surface area contributed by atoms with Crippen molar-refractivity contribution in [2.75, 3.05) is 7.11 Å². The molecule has 646 valence electrons. The first kappa shape index (κ1) is 96.1. The van der Waals surface area contributed by atoms with E-state index >= 15 is 0 Å². The first-order chi connectivity index (χ1) is 61.0. The molecular formula is C111H113Cl2F2N11O. The second-order valence-corrected chi connectivity index (χ2v) is 34.5. The van der Waals surface area contributed by atoms with Gasteiger partial charge in [-0.3, -0.25) is 44.9 Å². The maximum atomic E-state index is 13.4. The van der Waals surface area contributed by atoms with E-state index in [2.05, 4.69) is 242 Å². The molecule has 9 aromatic heterocycles. The summed E-state index contributed by atoms with van der Waals surface area (Å²) in [6, 6.07) is 73.5. The molecule has 0 amide bonds. The summed E-state index contributed by atoms with van der Waals surface area (Å²) in [5, 5.41) is 32.1. The molecule has 127 heavy (non-hydrogen) atoms. The first-order valence-electron chi connectivity index (χ1n) is 43.3. The number of pyridine rings is 9. The van der Waals surface area contributed by atoms with Crippen molar-refractivity contribution in [3.8, 4) is 17.9 Å². The Morgan fingerprint density at radius 2 is 0.717 bits per heavy atom. The van der Waals surface area contributed by atoms with Gasteiger partial charge in [-0.15, -0.1) is 0 Å². The molecule has 0 spiro atoms. The highest BCUT2D eigenvalue weighted by Gasteiger charge is 2.16. The topological polar surface area (TPSA) is 173 Å². The zero-order valence-corrected chi connectivity index (χ0v) is 77.7. The molecule has 0 unspecified atom stereocenters. The summed E-state index contributed by atoms with van der Waals surface area (Å²) in [5.74, 6) is 4.79. The van der Waals surface area contributed by atoms with Crippen LogP contribution in [0.25, 0.3) is 97.7 Å². The van der Waals surface area contributed by atoms with Gasteiger partial charge in [-0.25, -0.2) is 8.78 Å². The van der Waals surface area contributed by atoms with Gasteiger partial charge >= 0.3 is 0 Å². The van der Waals surface area contributed by atoms with Crippen LogP contribution in [0.5, 0.6) is 5.75 Å². The zero-order chi connectivity index (χ0) is 91.5. The lowest BCUT2D eigenvalue weighted by Gasteiger charge is -2.12. The Morgan fingerprint density at radius 3 is 1.28 bits per heavy atom. The minimum atomic E-state index is -0.245. The lowest BCUT2D eigenvalue weighted by atomic mass is 9.95. The van der Waals surface area contributed by atoms with E-state index in [9.17, 15) is 8.78 Å². The molecule has 0 radical (unpaired) electrons. The van der Waals surface area contributed by atoms with Gasteiger partial charge in [0.1, 0.15) is 29.0 Å². The number of aromatic nitrogens is 9. The molecule has 18 aromatic rings. The van der Waals surface area contributed by atoms with Crippen molar-refractivity contribution in [3.05, 3.63) is 370 Å². The Kier molecular flexibility index (Phi) is 35.0. The first-order valence-corrected chi connectivity index (χ1v) is 44.1. The Labute approximate surface area is 757 Å². The average Bonchev–Trinajstić information content (AvgIpc) is 0.806. The predicted molar refractivity (Wildman–Crippen MR) is 528 cm³/mol. The van der Waals surface area contributed by atoms with Crippen LogP contribution in [0.3, 0.4) is 0 Å². The molecule has 0 aliphatic heterocycles. The fraction of sp³-hybridized carbons (Fsp3) is 0.252. The third kappa shape index (κ3) is 24.7. The van der Waals surface area contributed by atoms with Crippen molar-refractivity contribution in [2.24, 2.45) is 0 Å². The van der Waals surface area contributed by atoms with Crippen LogP contribution in [0.4, 0.5) is 8.78 Å². The van der Waals surface area contributed by atoms with Gasteiger partial charge in [-0.05, 0) is 229 Å². The fourth-order valence-corrected chi connectivity index (χ4v) is 15.4. The minimum Gasteiger partial charge on any atom is -0.496 e. The standard InChI is InChI=1S/2C13H12N2.C13H15NO.2C12H12ClN.2C12H12FN.2C12H13N/c1-9(2)11-4-3-10(7-14)13-8-15-6-5-12(11)13;1-9(2)11-6-5-10(8-14)13-12(11)4-3-7-15-13;1-9(2)10-5-4-6-11-13(10)12(15-3)7-8-14-11;1-8(2)9-3-4-12(13)11-7-14-6-5-10(9)11;1-8(2)9-5-6-11(13)12-10(9)4-3-7-14-12;1-8(2)9-3-4-12(13)11-7-14-6-5-10(9)11;1-8(2)9-5-6-11(13)12-10(9)4-3-7-14-12;1-9(2)11-6-5-10-4-3-7-13-12(10)8-11;1-9(2)11-7-10-5-3-4-6-12(10)13-8-11/h3-6,8-9H,1-2H3;3-7,9H,1-2H3;4-9H,1-3H3;4*3-8H,1-2H3;2*3-9H,1-2H3. The number of fused-ring (bicyclic) bond motifs is 9. The number of benzene rings is 9. The second kappa shape index (κ2) is 46.2. The van der Waals surface area contributed by atoms with Gasteiger partial charge in [0.15, 0.2) is 0 Å². The monoisotopic (exact) mass is 1720 g/mol. The van der Waals surface area contributed by atoms with E-state index in [1.807, 2.05) is 164 Å². The Bertz CT molecular complexity index is 6290. The molecule has 9 aromatic carbocycles. The van der Waals surface area contributed by atoms with E-state index in [1.165, 1.54) is 72.8 Å². The van der Waals surface area contributed by atoms with Crippen LogP contribution in [-0.4, -0.2) is 52.0 Å². The highest BCUT2D eigenvalue weighted by atomic mass is 35.5. The van der Waals surface area contributed by atoms with Crippen molar-refractivity contribution in [2.45, 2.75) is 178 Å². The van der Waals surface area contributed by atoms with Crippen LogP contribution >= 0.6 is 23.2 Å². The van der Waals surface area contributed by atoms with Gasteiger partial charge in [0.2, 0.25) is 0 Å².